The van der Waals surface area contributed by atoms with Crippen molar-refractivity contribution < 1.29 is 9.18 Å². The third-order valence-corrected chi connectivity index (χ3v) is 7.72. The average molecular weight is 513 g/mol. The fraction of sp³-hybridized carbons (Fsp3) is 0.400. The van der Waals surface area contributed by atoms with Gasteiger partial charge in [-0.25, -0.2) is 19.0 Å². The molecule has 0 N–H and O–H groups in total. The van der Waals surface area contributed by atoms with Crippen molar-refractivity contribution in [1.29, 1.82) is 0 Å². The third kappa shape index (κ3) is 4.64. The van der Waals surface area contributed by atoms with Crippen LogP contribution in [0.2, 0.25) is 0 Å². The Bertz CT molecular complexity index is 1450. The van der Waals surface area contributed by atoms with Crippen molar-refractivity contribution in [3.8, 4) is 5.69 Å². The Labute approximate surface area is 222 Å². The van der Waals surface area contributed by atoms with E-state index in [0.717, 1.165) is 72.8 Å². The summed E-state index contributed by atoms with van der Waals surface area (Å²) in [6.07, 6.45) is 3.52. The number of halogens is 1. The number of nitrogens with zero attached hydrogens (tertiary/aromatic N) is 6. The van der Waals surface area contributed by atoms with Gasteiger partial charge in [-0.2, -0.15) is 5.10 Å². The van der Waals surface area contributed by atoms with Gasteiger partial charge in [0.25, 0.3) is 0 Å². The zero-order valence-corrected chi connectivity index (χ0v) is 22.0. The summed E-state index contributed by atoms with van der Waals surface area (Å²) in [5, 5.41) is 5.70. The van der Waals surface area contributed by atoms with E-state index in [1.807, 2.05) is 17.9 Å². The van der Waals surface area contributed by atoms with E-state index in [9.17, 15) is 9.18 Å². The van der Waals surface area contributed by atoms with Gasteiger partial charge < -0.3 is 9.80 Å². The molecule has 1 saturated heterocycles. The summed E-state index contributed by atoms with van der Waals surface area (Å²) in [4.78, 5) is 27.6. The second kappa shape index (κ2) is 10.2. The lowest BCUT2D eigenvalue weighted by Gasteiger charge is -2.24. The molecule has 2 aromatic carbocycles. The Morgan fingerprint density at radius 1 is 1.00 bits per heavy atom. The predicted octanol–water partition coefficient (Wildman–Crippen LogP) is 5.06. The first-order valence-electron chi connectivity index (χ1n) is 13.6. The highest BCUT2D eigenvalue weighted by molar-refractivity contribution is 5.91. The molecule has 0 bridgehead atoms. The number of anilines is 1. The number of carbonyl (C=O) groups is 1. The molecule has 4 aromatic rings. The van der Waals surface area contributed by atoms with Gasteiger partial charge in [0, 0.05) is 38.5 Å². The van der Waals surface area contributed by atoms with Crippen molar-refractivity contribution in [3.05, 3.63) is 77.5 Å². The molecule has 2 aliphatic rings. The Hall–Kier alpha value is -3.81. The molecular formula is C30H33FN6O. The van der Waals surface area contributed by atoms with Crippen LogP contribution in [0.25, 0.3) is 16.7 Å². The van der Waals surface area contributed by atoms with Crippen LogP contribution in [-0.2, 0) is 11.2 Å². The van der Waals surface area contributed by atoms with E-state index in [1.165, 1.54) is 17.7 Å². The molecule has 2 aromatic heterocycles. The quantitative estimate of drug-likeness (QED) is 0.361. The van der Waals surface area contributed by atoms with Gasteiger partial charge >= 0.3 is 0 Å². The second-order valence-electron chi connectivity index (χ2n) is 10.4. The lowest BCUT2D eigenvalue weighted by Crippen LogP contribution is -2.36. The summed E-state index contributed by atoms with van der Waals surface area (Å²) in [5.41, 5.74) is 3.61. The molecule has 1 saturated carbocycles. The lowest BCUT2D eigenvalue weighted by atomic mass is 10.1. The molecule has 8 heteroatoms. The van der Waals surface area contributed by atoms with Gasteiger partial charge in [0.15, 0.2) is 5.65 Å². The molecule has 0 unspecified atom stereocenters. The van der Waals surface area contributed by atoms with Crippen molar-refractivity contribution in [2.45, 2.75) is 45.4 Å². The maximum Gasteiger partial charge on any atom is 0.226 e. The number of carbonyl (C=O) groups excluding carboxylic acids is 1. The molecule has 2 atom stereocenters. The van der Waals surface area contributed by atoms with Gasteiger partial charge in [0.2, 0.25) is 5.91 Å². The van der Waals surface area contributed by atoms with Crippen LogP contribution in [0, 0.1) is 18.7 Å². The molecule has 3 heterocycles. The molecule has 6 rings (SSSR count). The van der Waals surface area contributed by atoms with Crippen LogP contribution in [0.3, 0.4) is 0 Å². The van der Waals surface area contributed by atoms with E-state index in [1.54, 1.807) is 16.8 Å². The van der Waals surface area contributed by atoms with Crippen LogP contribution in [0.4, 0.5) is 10.2 Å². The standard InChI is InChI=1S/C30H33FN6O/c1-3-8-26-32-28(27-20(2)34-37(29(27)33-26)23-13-11-22(31)12-14-23)35-15-7-16-36(18-17-35)30(38)25-19-24(25)21-9-5-4-6-10-21/h4-6,9-14,24-25H,3,7-8,15-19H2,1-2H3/t24-,25+/m0/s1. The highest BCUT2D eigenvalue weighted by Gasteiger charge is 2.45. The monoisotopic (exact) mass is 512 g/mol. The third-order valence-electron chi connectivity index (χ3n) is 7.72. The number of aryl methyl sites for hydroxylation is 2. The number of benzene rings is 2. The summed E-state index contributed by atoms with van der Waals surface area (Å²) >= 11 is 0. The second-order valence-corrected chi connectivity index (χ2v) is 10.4. The highest BCUT2D eigenvalue weighted by Crippen LogP contribution is 2.48. The number of amides is 1. The maximum absolute atomic E-state index is 13.6. The Kier molecular flexibility index (Phi) is 6.55. The molecule has 0 spiro atoms. The van der Waals surface area contributed by atoms with Crippen molar-refractivity contribution >= 4 is 22.8 Å². The van der Waals surface area contributed by atoms with Crippen molar-refractivity contribution in [3.63, 3.8) is 0 Å². The number of fused-ring (bicyclic) bond motifs is 1. The summed E-state index contributed by atoms with van der Waals surface area (Å²) in [7, 11) is 0. The van der Waals surface area contributed by atoms with Gasteiger partial charge in [0.05, 0.1) is 16.8 Å². The zero-order valence-electron chi connectivity index (χ0n) is 22.0. The van der Waals surface area contributed by atoms with Crippen LogP contribution in [0.5, 0.6) is 0 Å². The Balaban J connectivity index is 1.27. The van der Waals surface area contributed by atoms with Crippen LogP contribution in [-0.4, -0.2) is 56.7 Å². The largest absolute Gasteiger partial charge is 0.354 e. The van der Waals surface area contributed by atoms with E-state index in [0.29, 0.717) is 19.0 Å². The van der Waals surface area contributed by atoms with Crippen LogP contribution >= 0.6 is 0 Å². The molecule has 7 nitrogen and oxygen atoms in total. The molecule has 1 aliphatic heterocycles. The van der Waals surface area contributed by atoms with Crippen molar-refractivity contribution in [2.24, 2.45) is 5.92 Å². The summed E-state index contributed by atoms with van der Waals surface area (Å²) in [6.45, 7) is 7.06. The van der Waals surface area contributed by atoms with E-state index in [2.05, 4.69) is 36.1 Å². The van der Waals surface area contributed by atoms with Gasteiger partial charge in [-0.1, -0.05) is 37.3 Å². The maximum atomic E-state index is 13.6. The first-order valence-corrected chi connectivity index (χ1v) is 13.6. The number of rotatable bonds is 6. The smallest absolute Gasteiger partial charge is 0.226 e. The van der Waals surface area contributed by atoms with Crippen LogP contribution in [0.15, 0.2) is 54.6 Å². The number of aromatic nitrogens is 4. The Morgan fingerprint density at radius 2 is 1.79 bits per heavy atom. The van der Waals surface area contributed by atoms with Gasteiger partial charge in [-0.3, -0.25) is 4.79 Å². The molecule has 196 valence electrons. The highest BCUT2D eigenvalue weighted by atomic mass is 19.1. The molecule has 2 fully saturated rings. The average Bonchev–Trinajstić information content (AvgIpc) is 3.71. The minimum absolute atomic E-state index is 0.0991. The van der Waals surface area contributed by atoms with Gasteiger partial charge in [0.1, 0.15) is 17.5 Å². The topological polar surface area (TPSA) is 67.2 Å². The number of hydrogen-bond donors (Lipinski definition) is 0. The minimum Gasteiger partial charge on any atom is -0.354 e. The van der Waals surface area contributed by atoms with Crippen molar-refractivity contribution in [1.82, 2.24) is 24.6 Å². The summed E-state index contributed by atoms with van der Waals surface area (Å²) in [6, 6.07) is 16.7. The fourth-order valence-corrected chi connectivity index (χ4v) is 5.65. The fourth-order valence-electron chi connectivity index (χ4n) is 5.65. The SMILES string of the molecule is CCCc1nc(N2CCCN(C(=O)[C@@H]3C[C@H]3c3ccccc3)CC2)c2c(C)nn(-c3ccc(F)cc3)c2n1. The normalized spacial score (nSPS) is 19.6. The van der Waals surface area contributed by atoms with Gasteiger partial charge in [-0.05, 0) is 61.9 Å². The zero-order chi connectivity index (χ0) is 26.2. The molecule has 0 radical (unpaired) electrons. The summed E-state index contributed by atoms with van der Waals surface area (Å²) in [5.74, 6) is 2.10. The molecular weight excluding hydrogens is 479 g/mol. The predicted molar refractivity (Wildman–Crippen MR) is 146 cm³/mol. The van der Waals surface area contributed by atoms with E-state index in [-0.39, 0.29) is 17.6 Å². The van der Waals surface area contributed by atoms with E-state index in [4.69, 9.17) is 15.1 Å². The van der Waals surface area contributed by atoms with E-state index < -0.39 is 0 Å². The minimum atomic E-state index is -0.283. The molecule has 38 heavy (non-hydrogen) atoms. The first-order chi connectivity index (χ1) is 18.5. The number of hydrogen-bond acceptors (Lipinski definition) is 5. The molecule has 1 aliphatic carbocycles. The first kappa shape index (κ1) is 24.5. The van der Waals surface area contributed by atoms with Crippen LogP contribution < -0.4 is 4.90 Å². The van der Waals surface area contributed by atoms with E-state index >= 15 is 0 Å². The summed E-state index contributed by atoms with van der Waals surface area (Å²) < 4.78 is 15.4. The Morgan fingerprint density at radius 3 is 2.55 bits per heavy atom. The molecule has 1 amide bonds. The van der Waals surface area contributed by atoms with Crippen molar-refractivity contribution in [2.75, 3.05) is 31.1 Å². The van der Waals surface area contributed by atoms with Crippen LogP contribution in [0.1, 0.15) is 49.2 Å². The van der Waals surface area contributed by atoms with Gasteiger partial charge in [-0.15, -0.1) is 0 Å². The lowest BCUT2D eigenvalue weighted by molar-refractivity contribution is -0.132.